The molecule has 2 aromatic carbocycles. The Labute approximate surface area is 171 Å². The van der Waals surface area contributed by atoms with Crippen LogP contribution in [0.5, 0.6) is 5.75 Å². The number of methoxy groups -OCH3 is 1. The van der Waals surface area contributed by atoms with E-state index in [1.165, 1.54) is 13.5 Å². The first kappa shape index (κ1) is 19.3. The summed E-state index contributed by atoms with van der Waals surface area (Å²) in [6.07, 6.45) is 3.61. The highest BCUT2D eigenvalue weighted by atomic mass is 16.5. The molecule has 1 fully saturated rings. The number of piperidine rings is 1. The molecule has 0 saturated carbocycles. The number of hydrogen-bond acceptors (Lipinski definition) is 5. The molecule has 4 rings (SSSR count). The topological polar surface area (TPSA) is 59.1 Å². The molecule has 2 aromatic rings. The Hall–Kier alpha value is -3.02. The standard InChI is InChI=1S/C23H26N2O4/c1-28-22(26)15-17-5-8-19(9-6-17)25-13-14-29-21-16-18(7-10-20(21)25)23(27)24-11-3-2-4-12-24/h5-10,16H,2-4,11-15H2,1H3. The molecule has 0 N–H and O–H groups in total. The molecule has 0 bridgehead atoms. The molecule has 1 saturated heterocycles. The number of ether oxygens (including phenoxy) is 2. The smallest absolute Gasteiger partial charge is 0.309 e. The van der Waals surface area contributed by atoms with Crippen molar-refractivity contribution in [2.24, 2.45) is 0 Å². The van der Waals surface area contributed by atoms with E-state index in [-0.39, 0.29) is 18.3 Å². The van der Waals surface area contributed by atoms with E-state index < -0.39 is 0 Å². The zero-order valence-electron chi connectivity index (χ0n) is 16.7. The van der Waals surface area contributed by atoms with Crippen LogP contribution in [0.2, 0.25) is 0 Å². The van der Waals surface area contributed by atoms with Gasteiger partial charge in [-0.3, -0.25) is 9.59 Å². The number of amides is 1. The number of rotatable bonds is 4. The van der Waals surface area contributed by atoms with E-state index >= 15 is 0 Å². The molecule has 29 heavy (non-hydrogen) atoms. The van der Waals surface area contributed by atoms with Gasteiger partial charge >= 0.3 is 5.97 Å². The second kappa shape index (κ2) is 8.55. The molecule has 2 aliphatic rings. The number of carbonyl (C=O) groups excluding carboxylic acids is 2. The maximum absolute atomic E-state index is 12.8. The third-order valence-corrected chi connectivity index (χ3v) is 5.54. The molecular formula is C23H26N2O4. The van der Waals surface area contributed by atoms with Crippen LogP contribution in [0, 0.1) is 0 Å². The van der Waals surface area contributed by atoms with Gasteiger partial charge in [0.05, 0.1) is 25.8 Å². The van der Waals surface area contributed by atoms with Crippen molar-refractivity contribution in [2.45, 2.75) is 25.7 Å². The molecule has 2 aliphatic heterocycles. The van der Waals surface area contributed by atoms with Crippen LogP contribution in [0.1, 0.15) is 35.2 Å². The highest BCUT2D eigenvalue weighted by Crippen LogP contribution is 2.37. The summed E-state index contributed by atoms with van der Waals surface area (Å²) in [6.45, 7) is 2.95. The lowest BCUT2D eigenvalue weighted by Gasteiger charge is -2.32. The summed E-state index contributed by atoms with van der Waals surface area (Å²) in [6, 6.07) is 13.6. The number of likely N-dealkylation sites (tertiary alicyclic amines) is 1. The van der Waals surface area contributed by atoms with Crippen molar-refractivity contribution in [1.29, 1.82) is 0 Å². The highest BCUT2D eigenvalue weighted by molar-refractivity contribution is 5.95. The number of fused-ring (bicyclic) bond motifs is 1. The minimum absolute atomic E-state index is 0.0837. The molecule has 6 nitrogen and oxygen atoms in total. The molecule has 1 amide bonds. The number of carbonyl (C=O) groups is 2. The van der Waals surface area contributed by atoms with Gasteiger partial charge < -0.3 is 19.3 Å². The van der Waals surface area contributed by atoms with Gasteiger partial charge in [-0.2, -0.15) is 0 Å². The van der Waals surface area contributed by atoms with Crippen LogP contribution in [-0.2, 0) is 16.0 Å². The van der Waals surface area contributed by atoms with Crippen LogP contribution in [0.25, 0.3) is 0 Å². The van der Waals surface area contributed by atoms with Crippen LogP contribution in [0.15, 0.2) is 42.5 Å². The maximum atomic E-state index is 12.8. The zero-order chi connectivity index (χ0) is 20.2. The lowest BCUT2D eigenvalue weighted by Crippen LogP contribution is -2.35. The average molecular weight is 394 g/mol. The predicted molar refractivity (Wildman–Crippen MR) is 111 cm³/mol. The Morgan fingerprint density at radius 3 is 2.48 bits per heavy atom. The normalized spacial score (nSPS) is 16.0. The molecule has 6 heteroatoms. The van der Waals surface area contributed by atoms with E-state index in [0.29, 0.717) is 12.2 Å². The number of benzene rings is 2. The summed E-state index contributed by atoms with van der Waals surface area (Å²) in [4.78, 5) is 28.4. The van der Waals surface area contributed by atoms with Gasteiger partial charge in [0, 0.05) is 24.3 Å². The van der Waals surface area contributed by atoms with E-state index in [9.17, 15) is 9.59 Å². The first-order valence-electron chi connectivity index (χ1n) is 10.1. The third-order valence-electron chi connectivity index (χ3n) is 5.54. The fraction of sp³-hybridized carbons (Fsp3) is 0.391. The number of anilines is 2. The lowest BCUT2D eigenvalue weighted by atomic mass is 10.1. The molecule has 2 heterocycles. The molecule has 152 valence electrons. The summed E-state index contributed by atoms with van der Waals surface area (Å²) in [5.74, 6) is 0.568. The van der Waals surface area contributed by atoms with E-state index in [0.717, 1.165) is 55.2 Å². The number of hydrogen-bond donors (Lipinski definition) is 0. The van der Waals surface area contributed by atoms with Gasteiger partial charge in [-0.25, -0.2) is 0 Å². The summed E-state index contributed by atoms with van der Waals surface area (Å²) in [5, 5.41) is 0. The highest BCUT2D eigenvalue weighted by Gasteiger charge is 2.23. The molecule has 0 spiro atoms. The predicted octanol–water partition coefficient (Wildman–Crippen LogP) is 3.56. The quantitative estimate of drug-likeness (QED) is 0.742. The number of esters is 1. The van der Waals surface area contributed by atoms with Crippen molar-refractivity contribution < 1.29 is 19.1 Å². The maximum Gasteiger partial charge on any atom is 0.309 e. The van der Waals surface area contributed by atoms with Gasteiger partial charge in [-0.15, -0.1) is 0 Å². The Kier molecular flexibility index (Phi) is 5.69. The van der Waals surface area contributed by atoms with Crippen LogP contribution >= 0.6 is 0 Å². The van der Waals surface area contributed by atoms with Crippen LogP contribution in [0.3, 0.4) is 0 Å². The van der Waals surface area contributed by atoms with Crippen molar-refractivity contribution in [2.75, 3.05) is 38.3 Å². The Morgan fingerprint density at radius 1 is 1.00 bits per heavy atom. The summed E-state index contributed by atoms with van der Waals surface area (Å²) >= 11 is 0. The zero-order valence-corrected chi connectivity index (χ0v) is 16.7. The van der Waals surface area contributed by atoms with Crippen molar-refractivity contribution in [3.05, 3.63) is 53.6 Å². The summed E-state index contributed by atoms with van der Waals surface area (Å²) in [7, 11) is 1.39. The van der Waals surface area contributed by atoms with Gasteiger partial charge in [-0.1, -0.05) is 12.1 Å². The second-order valence-corrected chi connectivity index (χ2v) is 7.45. The summed E-state index contributed by atoms with van der Waals surface area (Å²) in [5.41, 5.74) is 3.57. The minimum Gasteiger partial charge on any atom is -0.490 e. The Balaban J connectivity index is 1.54. The fourth-order valence-electron chi connectivity index (χ4n) is 3.93. The summed E-state index contributed by atoms with van der Waals surface area (Å²) < 4.78 is 10.6. The van der Waals surface area contributed by atoms with Crippen LogP contribution < -0.4 is 9.64 Å². The number of nitrogens with zero attached hydrogens (tertiary/aromatic N) is 2. The van der Waals surface area contributed by atoms with Crippen LogP contribution in [0.4, 0.5) is 11.4 Å². The SMILES string of the molecule is COC(=O)Cc1ccc(N2CCOc3cc(C(=O)N4CCCCC4)ccc32)cc1. The molecule has 0 atom stereocenters. The van der Waals surface area contributed by atoms with E-state index in [4.69, 9.17) is 9.47 Å². The van der Waals surface area contributed by atoms with Gasteiger partial charge in [0.15, 0.2) is 0 Å². The van der Waals surface area contributed by atoms with Crippen LogP contribution in [-0.4, -0.2) is 50.1 Å². The third kappa shape index (κ3) is 4.21. The molecule has 0 aromatic heterocycles. The minimum atomic E-state index is -0.250. The monoisotopic (exact) mass is 394 g/mol. The van der Waals surface area contributed by atoms with E-state index in [1.54, 1.807) is 0 Å². The van der Waals surface area contributed by atoms with Gasteiger partial charge in [0.2, 0.25) is 0 Å². The second-order valence-electron chi connectivity index (χ2n) is 7.45. The fourth-order valence-corrected chi connectivity index (χ4v) is 3.93. The molecule has 0 aliphatic carbocycles. The Morgan fingerprint density at radius 2 is 1.76 bits per heavy atom. The first-order chi connectivity index (χ1) is 14.2. The van der Waals surface area contributed by atoms with Crippen molar-refractivity contribution in [1.82, 2.24) is 4.90 Å². The lowest BCUT2D eigenvalue weighted by molar-refractivity contribution is -0.139. The van der Waals surface area contributed by atoms with E-state index in [2.05, 4.69) is 4.90 Å². The van der Waals surface area contributed by atoms with Crippen molar-refractivity contribution >= 4 is 23.3 Å². The average Bonchev–Trinajstić information content (AvgIpc) is 2.79. The molecule has 0 unspecified atom stereocenters. The van der Waals surface area contributed by atoms with E-state index in [1.807, 2.05) is 47.4 Å². The molecular weight excluding hydrogens is 368 g/mol. The largest absolute Gasteiger partial charge is 0.490 e. The van der Waals surface area contributed by atoms with Gasteiger partial charge in [0.1, 0.15) is 12.4 Å². The van der Waals surface area contributed by atoms with Crippen molar-refractivity contribution in [3.8, 4) is 5.75 Å². The van der Waals surface area contributed by atoms with Gasteiger partial charge in [-0.05, 0) is 55.2 Å². The van der Waals surface area contributed by atoms with Crippen molar-refractivity contribution in [3.63, 3.8) is 0 Å². The van der Waals surface area contributed by atoms with Gasteiger partial charge in [0.25, 0.3) is 5.91 Å². The Bertz CT molecular complexity index is 888. The first-order valence-corrected chi connectivity index (χ1v) is 10.1. The molecule has 0 radical (unpaired) electrons.